The van der Waals surface area contributed by atoms with Gasteiger partial charge in [-0.15, -0.1) is 0 Å². The first-order valence-electron chi connectivity index (χ1n) is 1.83. The van der Waals surface area contributed by atoms with Crippen molar-refractivity contribution in [3.8, 4) is 0 Å². The van der Waals surface area contributed by atoms with E-state index in [1.165, 1.54) is 0 Å². The van der Waals surface area contributed by atoms with Crippen LogP contribution in [0.2, 0.25) is 0 Å². The second-order valence-electron chi connectivity index (χ2n) is 1.06. The summed E-state index contributed by atoms with van der Waals surface area (Å²) in [5, 5.41) is 14.0. The molecule has 0 rings (SSSR count). The second-order valence-corrected chi connectivity index (χ2v) is 3.17. The number of phosphoric acid groups is 2. The van der Waals surface area contributed by atoms with Gasteiger partial charge in [-0.3, -0.25) is 0 Å². The monoisotopic (exact) mass is 456 g/mol. The minimum Gasteiger partial charge on any atom is -0.788 e. The molecule has 13 heteroatoms. The Morgan fingerprint density at radius 1 is 0.846 bits per heavy atom. The fourth-order valence-corrected chi connectivity index (χ4v) is 0. The average Bonchev–Trinajstić information content (AvgIpc) is 1.86. The molecule has 0 aliphatic heterocycles. The van der Waals surface area contributed by atoms with Gasteiger partial charge in [-0.2, -0.15) is 0 Å². The van der Waals surface area contributed by atoms with E-state index >= 15 is 0 Å². The molecule has 10 nitrogen and oxygen atoms in total. The SMILES string of the molecule is O=P([O-])([O-])OO.O=P([O-])([O-])OO.[Th+4]. The molecule has 0 unspecified atom stereocenters. The van der Waals surface area contributed by atoms with Gasteiger partial charge in [0, 0.05) is 0 Å². The van der Waals surface area contributed by atoms with Crippen LogP contribution in [0.3, 0.4) is 0 Å². The maximum Gasteiger partial charge on any atom is 4.00 e. The number of hydrogen-bond acceptors (Lipinski definition) is 10. The van der Waals surface area contributed by atoms with E-state index in [0.717, 1.165) is 0 Å². The zero-order valence-corrected chi connectivity index (χ0v) is 11.5. The summed E-state index contributed by atoms with van der Waals surface area (Å²) in [7, 11) is -10.2. The summed E-state index contributed by atoms with van der Waals surface area (Å²) in [6, 6.07) is 0. The van der Waals surface area contributed by atoms with Crippen LogP contribution < -0.4 is 19.6 Å². The van der Waals surface area contributed by atoms with E-state index in [1.54, 1.807) is 0 Å². The molecule has 0 spiro atoms. The van der Waals surface area contributed by atoms with Crippen LogP contribution in [0.15, 0.2) is 0 Å². The Hall–Kier alpha value is 1.46. The van der Waals surface area contributed by atoms with Crippen molar-refractivity contribution in [3.05, 3.63) is 0 Å². The zero-order valence-electron chi connectivity index (χ0n) is 5.55. The van der Waals surface area contributed by atoms with Crippen molar-refractivity contribution in [1.82, 2.24) is 0 Å². The summed E-state index contributed by atoms with van der Waals surface area (Å²) >= 11 is 0. The standard InChI is InChI=1S/2H3O5P.Th/c2*1-5-6(2,3)4;/h2*1H,(H2,2,3,4);/q;;+4/p-4. The Bertz CT molecular complexity index is 163. The van der Waals surface area contributed by atoms with E-state index in [0.29, 0.717) is 0 Å². The Balaban J connectivity index is -0.000000143. The predicted molar refractivity (Wildman–Crippen MR) is 22.6 cm³/mol. The van der Waals surface area contributed by atoms with Crippen LogP contribution in [0.4, 0.5) is 0 Å². The quantitative estimate of drug-likeness (QED) is 0.241. The van der Waals surface area contributed by atoms with Crippen molar-refractivity contribution < 1.29 is 88.5 Å². The third kappa shape index (κ3) is 31.8. The van der Waals surface area contributed by atoms with Crippen LogP contribution in [-0.4, -0.2) is 10.5 Å². The van der Waals surface area contributed by atoms with Crippen molar-refractivity contribution in [3.63, 3.8) is 0 Å². The molecule has 76 valence electrons. The van der Waals surface area contributed by atoms with Crippen molar-refractivity contribution in [2.24, 2.45) is 0 Å². The maximum absolute atomic E-state index is 9.00. The third-order valence-electron chi connectivity index (χ3n) is 0.200. The molecule has 0 aliphatic rings. The first-order chi connectivity index (χ1) is 5.12. The first kappa shape index (κ1) is 20.0. The smallest absolute Gasteiger partial charge is 0.788 e. The molecular formula is H2O10P2Th. The molecular weight excluding hydrogens is 454 g/mol. The molecule has 0 aliphatic carbocycles. The summed E-state index contributed by atoms with van der Waals surface area (Å²) < 4.78 is 22.8. The van der Waals surface area contributed by atoms with E-state index in [2.05, 4.69) is 9.35 Å². The maximum atomic E-state index is 9.00. The summed E-state index contributed by atoms with van der Waals surface area (Å²) in [5.41, 5.74) is 0. The second kappa shape index (κ2) is 8.75. The van der Waals surface area contributed by atoms with Crippen molar-refractivity contribution in [2.45, 2.75) is 0 Å². The van der Waals surface area contributed by atoms with Crippen molar-refractivity contribution >= 4 is 15.6 Å². The normalized spacial score (nSPS) is 10.9. The van der Waals surface area contributed by atoms with Crippen LogP contribution in [0.1, 0.15) is 0 Å². The molecule has 0 saturated heterocycles. The minimum atomic E-state index is -5.09. The van der Waals surface area contributed by atoms with Gasteiger partial charge in [-0.25, -0.2) is 19.9 Å². The van der Waals surface area contributed by atoms with Gasteiger partial charge in [0.25, 0.3) is 0 Å². The van der Waals surface area contributed by atoms with Gasteiger partial charge >= 0.3 is 39.9 Å². The minimum absolute atomic E-state index is 0. The zero-order chi connectivity index (χ0) is 10.4. The van der Waals surface area contributed by atoms with Crippen LogP contribution in [0.25, 0.3) is 0 Å². The van der Waals surface area contributed by atoms with Crippen LogP contribution >= 0.6 is 15.6 Å². The van der Waals surface area contributed by atoms with E-state index in [-0.39, 0.29) is 39.9 Å². The van der Waals surface area contributed by atoms with Gasteiger partial charge in [-0.1, -0.05) is 0 Å². The molecule has 13 heavy (non-hydrogen) atoms. The summed E-state index contributed by atoms with van der Waals surface area (Å²) in [4.78, 5) is 36.0. The predicted octanol–water partition coefficient (Wildman–Crippen LogP) is -3.39. The van der Waals surface area contributed by atoms with Gasteiger partial charge in [-0.05, 0) is 0 Å². The van der Waals surface area contributed by atoms with Crippen molar-refractivity contribution in [1.29, 1.82) is 0 Å². The molecule has 0 aromatic carbocycles. The fourth-order valence-electron chi connectivity index (χ4n) is 0. The Labute approximate surface area is 104 Å². The van der Waals surface area contributed by atoms with Crippen LogP contribution in [-0.2, 0) is 18.5 Å². The number of rotatable bonds is 2. The third-order valence-corrected chi connectivity index (χ3v) is 0.600. The molecule has 0 fully saturated rings. The topological polar surface area (TPSA) is 185 Å². The summed E-state index contributed by atoms with van der Waals surface area (Å²) in [5.74, 6) is 0. The van der Waals surface area contributed by atoms with E-state index < -0.39 is 15.6 Å². The molecule has 0 heterocycles. The van der Waals surface area contributed by atoms with Gasteiger partial charge in [0.05, 0.1) is 15.6 Å². The molecule has 0 aromatic rings. The number of hydrogen-bond donors (Lipinski definition) is 2. The largest absolute Gasteiger partial charge is 4.00 e. The van der Waals surface area contributed by atoms with Gasteiger partial charge < -0.3 is 28.7 Å². The van der Waals surface area contributed by atoms with E-state index in [1.807, 2.05) is 0 Å². The Morgan fingerprint density at radius 2 is 0.923 bits per heavy atom. The molecule has 0 aromatic heterocycles. The molecule has 0 saturated carbocycles. The molecule has 2 N–H and O–H groups in total. The first-order valence-corrected chi connectivity index (χ1v) is 4.75. The van der Waals surface area contributed by atoms with E-state index in [4.69, 9.17) is 39.2 Å². The van der Waals surface area contributed by atoms with Crippen LogP contribution in [0, 0.1) is 39.9 Å². The molecule has 0 amide bonds. The molecule has 0 atom stereocenters. The van der Waals surface area contributed by atoms with Gasteiger partial charge in [0.15, 0.2) is 0 Å². The van der Waals surface area contributed by atoms with Crippen LogP contribution in [0.5, 0.6) is 0 Å². The summed E-state index contributed by atoms with van der Waals surface area (Å²) in [6.07, 6.45) is 0. The molecule has 0 bridgehead atoms. The Kier molecular flexibility index (Phi) is 13.4. The van der Waals surface area contributed by atoms with Gasteiger partial charge in [0.1, 0.15) is 0 Å². The molecule has 0 radical (unpaired) electrons. The van der Waals surface area contributed by atoms with E-state index in [9.17, 15) is 0 Å². The Morgan fingerprint density at radius 3 is 0.923 bits per heavy atom. The van der Waals surface area contributed by atoms with Crippen molar-refractivity contribution in [2.75, 3.05) is 0 Å². The summed E-state index contributed by atoms with van der Waals surface area (Å²) in [6.45, 7) is 0. The fraction of sp³-hybridized carbons (Fsp3) is 0. The van der Waals surface area contributed by atoms with Gasteiger partial charge in [0.2, 0.25) is 0 Å². The average molecular weight is 456 g/mol.